The molecule has 0 spiro atoms. The Hall–Kier alpha value is -2.85. The third-order valence-electron chi connectivity index (χ3n) is 8.38. The number of benzene rings is 3. The lowest BCUT2D eigenvalue weighted by molar-refractivity contribution is 0.0170. The Morgan fingerprint density at radius 3 is 2.63 bits per heavy atom. The van der Waals surface area contributed by atoms with Gasteiger partial charge in [0.05, 0.1) is 0 Å². The maximum atomic E-state index is 14.0. The molecule has 1 saturated heterocycles. The molecular weight excluding hydrogens is 432 g/mol. The Morgan fingerprint density at radius 2 is 1.86 bits per heavy atom. The van der Waals surface area contributed by atoms with Crippen LogP contribution in [-0.4, -0.2) is 53.5 Å². The fraction of sp³-hybridized carbons (Fsp3) is 0.452. The van der Waals surface area contributed by atoms with Crippen LogP contribution in [0.25, 0.3) is 10.8 Å². The first-order valence-electron chi connectivity index (χ1n) is 13.1. The molecule has 1 saturated carbocycles. The van der Waals surface area contributed by atoms with Gasteiger partial charge in [0.1, 0.15) is 5.75 Å². The maximum Gasteiger partial charge on any atom is 0.254 e. The third kappa shape index (κ3) is 4.69. The van der Waals surface area contributed by atoms with E-state index in [9.17, 15) is 9.90 Å². The lowest BCUT2D eigenvalue weighted by Crippen LogP contribution is -2.56. The smallest absolute Gasteiger partial charge is 0.254 e. The summed E-state index contributed by atoms with van der Waals surface area (Å²) in [6.07, 6.45) is 4.16. The van der Waals surface area contributed by atoms with Gasteiger partial charge >= 0.3 is 0 Å². The van der Waals surface area contributed by atoms with Crippen LogP contribution in [-0.2, 0) is 5.41 Å². The lowest BCUT2D eigenvalue weighted by atomic mass is 9.57. The molecule has 0 unspecified atom stereocenters. The lowest BCUT2D eigenvalue weighted by Gasteiger charge is -2.54. The monoisotopic (exact) mass is 470 g/mol. The maximum absolute atomic E-state index is 14.0. The standard InChI is InChI=1S/C31H38N2O2/c1-22(2)20-33(30(35)25-12-11-23-7-4-5-8-24(23)17-25)28-14-13-27-21-32(3)16-15-31(27,19-28)26-9-6-10-29(34)18-26/h4-12,17-18,22,27-28,34H,13-16,19-21H2,1-3H3/t27-,28-,31+/m1/s1. The van der Waals surface area contributed by atoms with Crippen LogP contribution in [0.4, 0.5) is 0 Å². The number of carbonyl (C=O) groups is 1. The van der Waals surface area contributed by atoms with Crippen molar-refractivity contribution in [1.29, 1.82) is 0 Å². The van der Waals surface area contributed by atoms with Crippen LogP contribution < -0.4 is 0 Å². The summed E-state index contributed by atoms with van der Waals surface area (Å²) in [7, 11) is 2.22. The van der Waals surface area contributed by atoms with Crippen molar-refractivity contribution in [2.24, 2.45) is 11.8 Å². The van der Waals surface area contributed by atoms with E-state index in [2.05, 4.69) is 61.0 Å². The van der Waals surface area contributed by atoms with Crippen molar-refractivity contribution in [1.82, 2.24) is 9.80 Å². The van der Waals surface area contributed by atoms with Crippen LogP contribution >= 0.6 is 0 Å². The van der Waals surface area contributed by atoms with Gasteiger partial charge in [-0.25, -0.2) is 0 Å². The second-order valence-corrected chi connectivity index (χ2v) is 11.3. The van der Waals surface area contributed by atoms with Crippen LogP contribution in [0.5, 0.6) is 5.75 Å². The molecule has 2 aliphatic rings. The first-order chi connectivity index (χ1) is 16.9. The number of hydrogen-bond acceptors (Lipinski definition) is 3. The number of amides is 1. The van der Waals surface area contributed by atoms with E-state index in [1.807, 2.05) is 30.3 Å². The number of aromatic hydroxyl groups is 1. The summed E-state index contributed by atoms with van der Waals surface area (Å²) in [5.74, 6) is 1.41. The Labute approximate surface area is 209 Å². The van der Waals surface area contributed by atoms with Crippen molar-refractivity contribution in [3.05, 3.63) is 77.9 Å². The summed E-state index contributed by atoms with van der Waals surface area (Å²) in [6.45, 7) is 7.28. The van der Waals surface area contributed by atoms with Gasteiger partial charge in [-0.1, -0.05) is 56.3 Å². The highest BCUT2D eigenvalue weighted by atomic mass is 16.3. The van der Waals surface area contributed by atoms with E-state index in [0.717, 1.165) is 61.7 Å². The fourth-order valence-corrected chi connectivity index (χ4v) is 6.65. The predicted octanol–water partition coefficient (Wildman–Crippen LogP) is 6.09. The highest BCUT2D eigenvalue weighted by molar-refractivity contribution is 5.98. The van der Waals surface area contributed by atoms with Crippen LogP contribution in [0.1, 0.15) is 55.5 Å². The summed E-state index contributed by atoms with van der Waals surface area (Å²) in [5.41, 5.74) is 2.01. The van der Waals surface area contributed by atoms with Crippen molar-refractivity contribution in [2.45, 2.75) is 51.0 Å². The number of likely N-dealkylation sites (tertiary alicyclic amines) is 1. The molecule has 1 aliphatic heterocycles. The van der Waals surface area contributed by atoms with Crippen LogP contribution in [0, 0.1) is 11.8 Å². The summed E-state index contributed by atoms with van der Waals surface area (Å²) in [6, 6.07) is 22.5. The minimum Gasteiger partial charge on any atom is -0.508 e. The zero-order valence-corrected chi connectivity index (χ0v) is 21.3. The van der Waals surface area contributed by atoms with Gasteiger partial charge in [0.2, 0.25) is 0 Å². The van der Waals surface area contributed by atoms with E-state index in [1.165, 1.54) is 5.56 Å². The van der Waals surface area contributed by atoms with Crippen molar-refractivity contribution in [3.63, 3.8) is 0 Å². The number of phenolic OH excluding ortho intramolecular Hbond substituents is 1. The topological polar surface area (TPSA) is 43.8 Å². The molecule has 35 heavy (non-hydrogen) atoms. The number of carbonyl (C=O) groups excluding carboxylic acids is 1. The summed E-state index contributed by atoms with van der Waals surface area (Å²) in [4.78, 5) is 18.6. The molecule has 1 N–H and O–H groups in total. The van der Waals surface area contributed by atoms with Gasteiger partial charge in [0.15, 0.2) is 0 Å². The average molecular weight is 471 g/mol. The quantitative estimate of drug-likeness (QED) is 0.491. The Kier molecular flexibility index (Phi) is 6.59. The SMILES string of the molecule is CC(C)CN(C(=O)c1ccc2ccccc2c1)[C@@H]1CC[C@@H]2CN(C)CC[C@@]2(c2cccc(O)c2)C1. The van der Waals surface area contributed by atoms with Gasteiger partial charge in [-0.2, -0.15) is 0 Å². The molecule has 1 aliphatic carbocycles. The molecule has 0 bridgehead atoms. The molecule has 1 heterocycles. The van der Waals surface area contributed by atoms with Crippen molar-refractivity contribution >= 4 is 16.7 Å². The Bertz CT molecular complexity index is 1210. The van der Waals surface area contributed by atoms with E-state index >= 15 is 0 Å². The van der Waals surface area contributed by atoms with Crippen LogP contribution in [0.2, 0.25) is 0 Å². The largest absolute Gasteiger partial charge is 0.508 e. The Morgan fingerprint density at radius 1 is 1.06 bits per heavy atom. The molecule has 0 aromatic heterocycles. The number of piperidine rings is 1. The highest BCUT2D eigenvalue weighted by Gasteiger charge is 2.49. The number of fused-ring (bicyclic) bond motifs is 2. The van der Waals surface area contributed by atoms with Crippen molar-refractivity contribution in [3.8, 4) is 5.75 Å². The summed E-state index contributed by atoms with van der Waals surface area (Å²) in [5, 5.41) is 12.6. The summed E-state index contributed by atoms with van der Waals surface area (Å²) >= 11 is 0. The minimum atomic E-state index is -0.00688. The Balaban J connectivity index is 1.50. The van der Waals surface area contributed by atoms with Crippen molar-refractivity contribution in [2.75, 3.05) is 26.7 Å². The van der Waals surface area contributed by atoms with E-state index in [-0.39, 0.29) is 17.4 Å². The van der Waals surface area contributed by atoms with E-state index in [0.29, 0.717) is 17.6 Å². The summed E-state index contributed by atoms with van der Waals surface area (Å²) < 4.78 is 0. The molecule has 4 nitrogen and oxygen atoms in total. The molecule has 5 rings (SSSR count). The molecule has 0 radical (unpaired) electrons. The molecule has 3 aromatic rings. The van der Waals surface area contributed by atoms with Gasteiger partial charge in [0.25, 0.3) is 5.91 Å². The molecular formula is C31H38N2O2. The number of rotatable bonds is 5. The van der Waals surface area contributed by atoms with E-state index in [1.54, 1.807) is 6.07 Å². The molecule has 2 fully saturated rings. The first-order valence-corrected chi connectivity index (χ1v) is 13.1. The van der Waals surface area contributed by atoms with E-state index in [4.69, 9.17) is 0 Å². The van der Waals surface area contributed by atoms with Gasteiger partial charge in [-0.3, -0.25) is 4.79 Å². The fourth-order valence-electron chi connectivity index (χ4n) is 6.65. The van der Waals surface area contributed by atoms with Gasteiger partial charge < -0.3 is 14.9 Å². The number of phenols is 1. The number of nitrogens with zero attached hydrogens (tertiary/aromatic N) is 2. The average Bonchev–Trinajstić information content (AvgIpc) is 2.86. The molecule has 4 heteroatoms. The number of hydrogen-bond donors (Lipinski definition) is 1. The second kappa shape index (κ2) is 9.66. The van der Waals surface area contributed by atoms with Gasteiger partial charge in [-0.05, 0) is 91.7 Å². The first kappa shape index (κ1) is 23.9. The zero-order chi connectivity index (χ0) is 24.6. The molecule has 3 aromatic carbocycles. The second-order valence-electron chi connectivity index (χ2n) is 11.3. The molecule has 184 valence electrons. The van der Waals surface area contributed by atoms with Crippen LogP contribution in [0.15, 0.2) is 66.7 Å². The normalized spacial score (nSPS) is 24.9. The molecule has 1 amide bonds. The van der Waals surface area contributed by atoms with E-state index < -0.39 is 0 Å². The minimum absolute atomic E-state index is 0.00688. The van der Waals surface area contributed by atoms with Crippen molar-refractivity contribution < 1.29 is 9.90 Å². The van der Waals surface area contributed by atoms with Crippen LogP contribution in [0.3, 0.4) is 0 Å². The van der Waals surface area contributed by atoms with Gasteiger partial charge in [-0.15, -0.1) is 0 Å². The predicted molar refractivity (Wildman–Crippen MR) is 143 cm³/mol. The highest BCUT2D eigenvalue weighted by Crippen LogP contribution is 2.50. The molecule has 3 atom stereocenters. The third-order valence-corrected chi connectivity index (χ3v) is 8.38. The zero-order valence-electron chi connectivity index (χ0n) is 21.3. The van der Waals surface area contributed by atoms with Gasteiger partial charge in [0, 0.05) is 30.1 Å².